The number of ether oxygens (including phenoxy) is 2. The summed E-state index contributed by atoms with van der Waals surface area (Å²) in [6.45, 7) is 0.286. The molecular weight excluding hydrogens is 395 g/mol. The van der Waals surface area contributed by atoms with Gasteiger partial charge in [0.2, 0.25) is 0 Å². The molecule has 0 radical (unpaired) electrons. The molecule has 1 aromatic carbocycles. The van der Waals surface area contributed by atoms with Crippen LogP contribution >= 0.6 is 22.6 Å². The molecule has 0 spiro atoms. The van der Waals surface area contributed by atoms with Gasteiger partial charge >= 0.3 is 5.97 Å². The second kappa shape index (κ2) is 6.35. The van der Waals surface area contributed by atoms with Gasteiger partial charge in [0.1, 0.15) is 33.0 Å². The van der Waals surface area contributed by atoms with Crippen LogP contribution < -0.4 is 4.74 Å². The lowest BCUT2D eigenvalue weighted by atomic mass is 10.2. The van der Waals surface area contributed by atoms with E-state index in [-0.39, 0.29) is 6.61 Å². The fourth-order valence-corrected chi connectivity index (χ4v) is 2.81. The first kappa shape index (κ1) is 14.8. The van der Waals surface area contributed by atoms with Crippen molar-refractivity contribution in [3.63, 3.8) is 0 Å². The maximum Gasteiger partial charge on any atom is 0.341 e. The molecule has 0 saturated heterocycles. The van der Waals surface area contributed by atoms with Crippen molar-refractivity contribution in [3.8, 4) is 5.75 Å². The lowest BCUT2D eigenvalue weighted by molar-refractivity contribution is 0.0595. The number of nitrogens with zero attached hydrogens (tertiary/aromatic N) is 2. The molecule has 0 unspecified atom stereocenters. The number of hydrogen-bond acceptors (Lipinski definition) is 4. The molecule has 0 atom stereocenters. The van der Waals surface area contributed by atoms with Gasteiger partial charge in [-0.3, -0.25) is 4.40 Å². The summed E-state index contributed by atoms with van der Waals surface area (Å²) in [5, 5.41) is 0. The Hall–Kier alpha value is -2.09. The Bertz CT molecular complexity index is 829. The fraction of sp³-hybridized carbons (Fsp3) is 0.125. The van der Waals surface area contributed by atoms with Crippen LogP contribution in [0, 0.1) is 3.70 Å². The maximum absolute atomic E-state index is 11.7. The smallest absolute Gasteiger partial charge is 0.341 e. The number of imidazole rings is 1. The third-order valence-electron chi connectivity index (χ3n) is 3.19. The summed E-state index contributed by atoms with van der Waals surface area (Å²) in [7, 11) is 1.35. The Morgan fingerprint density at radius 2 is 2.00 bits per heavy atom. The van der Waals surface area contributed by atoms with Crippen molar-refractivity contribution < 1.29 is 14.3 Å². The van der Waals surface area contributed by atoms with Crippen molar-refractivity contribution >= 4 is 34.2 Å². The monoisotopic (exact) mass is 408 g/mol. The molecule has 0 fully saturated rings. The minimum Gasteiger partial charge on any atom is -0.486 e. The van der Waals surface area contributed by atoms with Gasteiger partial charge in [-0.25, -0.2) is 9.78 Å². The van der Waals surface area contributed by atoms with Crippen LogP contribution in [0.25, 0.3) is 5.65 Å². The Balaban J connectivity index is 1.86. The Morgan fingerprint density at radius 1 is 1.23 bits per heavy atom. The zero-order valence-corrected chi connectivity index (χ0v) is 14.0. The Labute approximate surface area is 141 Å². The number of rotatable bonds is 4. The molecule has 3 aromatic rings. The summed E-state index contributed by atoms with van der Waals surface area (Å²) in [4.78, 5) is 16.3. The zero-order valence-electron chi connectivity index (χ0n) is 11.8. The summed E-state index contributed by atoms with van der Waals surface area (Å²) in [5.41, 5.74) is 2.10. The van der Waals surface area contributed by atoms with E-state index in [0.29, 0.717) is 11.3 Å². The summed E-state index contributed by atoms with van der Waals surface area (Å²) in [6.07, 6.45) is 1.95. The quantitative estimate of drug-likeness (QED) is 0.491. The van der Waals surface area contributed by atoms with Crippen LogP contribution in [0.5, 0.6) is 5.75 Å². The lowest BCUT2D eigenvalue weighted by Gasteiger charge is -2.09. The third-order valence-corrected chi connectivity index (χ3v) is 4.34. The average molecular weight is 408 g/mol. The van der Waals surface area contributed by atoms with Crippen molar-refractivity contribution in [3.05, 3.63) is 63.6 Å². The molecule has 22 heavy (non-hydrogen) atoms. The largest absolute Gasteiger partial charge is 0.486 e. The highest BCUT2D eigenvalue weighted by Gasteiger charge is 2.14. The highest BCUT2D eigenvalue weighted by atomic mass is 127. The highest BCUT2D eigenvalue weighted by molar-refractivity contribution is 14.1. The number of aromatic nitrogens is 2. The first-order valence-corrected chi connectivity index (χ1v) is 7.70. The normalized spacial score (nSPS) is 10.6. The molecule has 0 amide bonds. The minimum atomic E-state index is -0.416. The van der Waals surface area contributed by atoms with E-state index in [2.05, 4.69) is 27.6 Å². The van der Waals surface area contributed by atoms with Crippen molar-refractivity contribution in [2.75, 3.05) is 7.11 Å². The predicted molar refractivity (Wildman–Crippen MR) is 90.0 cm³/mol. The van der Waals surface area contributed by atoms with E-state index in [0.717, 1.165) is 15.0 Å². The van der Waals surface area contributed by atoms with Crippen LogP contribution in [-0.4, -0.2) is 22.5 Å². The maximum atomic E-state index is 11.7. The molecule has 0 aliphatic rings. The topological polar surface area (TPSA) is 52.8 Å². The second-order valence-electron chi connectivity index (χ2n) is 4.55. The van der Waals surface area contributed by atoms with E-state index in [9.17, 15) is 4.79 Å². The van der Waals surface area contributed by atoms with Gasteiger partial charge in [-0.05, 0) is 46.9 Å². The van der Waals surface area contributed by atoms with Crippen molar-refractivity contribution in [2.24, 2.45) is 0 Å². The summed E-state index contributed by atoms with van der Waals surface area (Å²) in [6, 6.07) is 12.8. The highest BCUT2D eigenvalue weighted by Crippen LogP contribution is 2.22. The Morgan fingerprint density at radius 3 is 2.77 bits per heavy atom. The van der Waals surface area contributed by atoms with E-state index in [4.69, 9.17) is 9.47 Å². The van der Waals surface area contributed by atoms with Gasteiger partial charge in [0.25, 0.3) is 0 Å². The van der Waals surface area contributed by atoms with Crippen LogP contribution in [0.4, 0.5) is 0 Å². The summed E-state index contributed by atoms with van der Waals surface area (Å²) >= 11 is 2.23. The molecule has 2 heterocycles. The van der Waals surface area contributed by atoms with Gasteiger partial charge < -0.3 is 9.47 Å². The van der Waals surface area contributed by atoms with E-state index in [1.165, 1.54) is 7.11 Å². The Kier molecular flexibility index (Phi) is 4.28. The SMILES string of the molecule is COC(=O)c1ccccc1OCc1nc2ccccn2c1I. The number of benzene rings is 1. The van der Waals surface area contributed by atoms with Gasteiger partial charge in [0.15, 0.2) is 0 Å². The molecule has 6 heteroatoms. The van der Waals surface area contributed by atoms with E-state index < -0.39 is 5.97 Å². The average Bonchev–Trinajstić information content (AvgIpc) is 2.89. The number of methoxy groups -OCH3 is 1. The van der Waals surface area contributed by atoms with Gasteiger partial charge in [-0.15, -0.1) is 0 Å². The van der Waals surface area contributed by atoms with Gasteiger partial charge in [-0.1, -0.05) is 18.2 Å². The molecule has 0 aliphatic carbocycles. The van der Waals surface area contributed by atoms with Gasteiger partial charge in [0.05, 0.1) is 7.11 Å². The number of carbonyl (C=O) groups excluding carboxylic acids is 1. The van der Waals surface area contributed by atoms with Crippen LogP contribution in [0.15, 0.2) is 48.7 Å². The molecule has 5 nitrogen and oxygen atoms in total. The number of para-hydroxylation sites is 1. The number of fused-ring (bicyclic) bond motifs is 1. The number of halogens is 1. The molecule has 0 N–H and O–H groups in total. The van der Waals surface area contributed by atoms with E-state index in [1.54, 1.807) is 18.2 Å². The summed E-state index contributed by atoms with van der Waals surface area (Å²) in [5.74, 6) is 0.0718. The van der Waals surface area contributed by atoms with E-state index in [1.807, 2.05) is 34.9 Å². The molecule has 0 saturated carbocycles. The minimum absolute atomic E-state index is 0.286. The number of pyridine rings is 1. The van der Waals surface area contributed by atoms with Gasteiger partial charge in [-0.2, -0.15) is 0 Å². The zero-order chi connectivity index (χ0) is 15.5. The van der Waals surface area contributed by atoms with Crippen molar-refractivity contribution in [1.82, 2.24) is 9.38 Å². The van der Waals surface area contributed by atoms with Crippen LogP contribution in [0.2, 0.25) is 0 Å². The lowest BCUT2D eigenvalue weighted by Crippen LogP contribution is -2.06. The van der Waals surface area contributed by atoms with Crippen LogP contribution in [0.1, 0.15) is 16.1 Å². The number of esters is 1. The fourth-order valence-electron chi connectivity index (χ4n) is 2.12. The molecule has 0 bridgehead atoms. The molecule has 0 aliphatic heterocycles. The number of hydrogen-bond donors (Lipinski definition) is 0. The molecular formula is C16H13IN2O3. The van der Waals surface area contributed by atoms with Crippen molar-refractivity contribution in [1.29, 1.82) is 0 Å². The summed E-state index contributed by atoms with van der Waals surface area (Å²) < 4.78 is 13.5. The number of carbonyl (C=O) groups is 1. The molecule has 112 valence electrons. The second-order valence-corrected chi connectivity index (χ2v) is 5.58. The third kappa shape index (κ3) is 2.78. The van der Waals surface area contributed by atoms with E-state index >= 15 is 0 Å². The first-order valence-electron chi connectivity index (χ1n) is 6.62. The van der Waals surface area contributed by atoms with Gasteiger partial charge in [0, 0.05) is 6.20 Å². The first-order chi connectivity index (χ1) is 10.7. The predicted octanol–water partition coefficient (Wildman–Crippen LogP) is 3.30. The standard InChI is InChI=1S/C16H13IN2O3/c1-21-16(20)11-6-2-3-7-13(11)22-10-12-15(17)19-9-5-4-8-14(19)18-12/h2-9H,10H2,1H3. The van der Waals surface area contributed by atoms with Crippen LogP contribution in [0.3, 0.4) is 0 Å². The van der Waals surface area contributed by atoms with Crippen molar-refractivity contribution in [2.45, 2.75) is 6.61 Å². The molecule has 3 rings (SSSR count). The molecule has 2 aromatic heterocycles. The van der Waals surface area contributed by atoms with Crippen LogP contribution in [-0.2, 0) is 11.3 Å².